The smallest absolute Gasteiger partial charge is 0.270 e. The molecule has 2 saturated carbocycles. The van der Waals surface area contributed by atoms with Crippen molar-refractivity contribution in [2.24, 2.45) is 7.05 Å². The molecule has 0 saturated heterocycles. The summed E-state index contributed by atoms with van der Waals surface area (Å²) in [6.45, 7) is 2.91. The zero-order valence-electron chi connectivity index (χ0n) is 15.8. The molecule has 4 rings (SSSR count). The molecule has 2 aromatic rings. The van der Waals surface area contributed by atoms with Crippen molar-refractivity contribution in [2.45, 2.75) is 57.3 Å². The van der Waals surface area contributed by atoms with Gasteiger partial charge in [0.2, 0.25) is 0 Å². The Morgan fingerprint density at radius 2 is 2.00 bits per heavy atom. The SMILES string of the molecule is CCCCNC(=S)NNC(=O)c1cc(C2CC2)nc2c1c(C1CC1)nn2C. The number of thiocarbonyl (C=S) groups is 1. The Hall–Kier alpha value is -2.22. The summed E-state index contributed by atoms with van der Waals surface area (Å²) in [4.78, 5) is 17.8. The largest absolute Gasteiger partial charge is 0.361 e. The molecule has 2 heterocycles. The highest BCUT2D eigenvalue weighted by atomic mass is 32.1. The number of hydrogen-bond donors (Lipinski definition) is 3. The fourth-order valence-electron chi connectivity index (χ4n) is 3.31. The van der Waals surface area contributed by atoms with Crippen molar-refractivity contribution in [3.63, 3.8) is 0 Å². The second-order valence-electron chi connectivity index (χ2n) is 7.54. The van der Waals surface area contributed by atoms with Crippen molar-refractivity contribution in [3.05, 3.63) is 23.0 Å². The number of aromatic nitrogens is 3. The molecule has 8 heteroatoms. The molecule has 2 aliphatic carbocycles. The first-order chi connectivity index (χ1) is 13.1. The number of fused-ring (bicyclic) bond motifs is 1. The molecule has 2 aromatic heterocycles. The number of rotatable bonds is 6. The zero-order valence-corrected chi connectivity index (χ0v) is 16.7. The van der Waals surface area contributed by atoms with E-state index in [2.05, 4.69) is 28.2 Å². The fraction of sp³-hybridized carbons (Fsp3) is 0.579. The number of carbonyl (C=O) groups is 1. The van der Waals surface area contributed by atoms with Crippen LogP contribution in [0.5, 0.6) is 0 Å². The lowest BCUT2D eigenvalue weighted by Crippen LogP contribution is -2.47. The Morgan fingerprint density at radius 3 is 2.67 bits per heavy atom. The van der Waals surface area contributed by atoms with Gasteiger partial charge in [-0.15, -0.1) is 0 Å². The fourth-order valence-corrected chi connectivity index (χ4v) is 3.46. The molecule has 0 atom stereocenters. The molecule has 0 radical (unpaired) electrons. The van der Waals surface area contributed by atoms with Crippen LogP contribution in [0.25, 0.3) is 11.0 Å². The minimum atomic E-state index is -0.196. The summed E-state index contributed by atoms with van der Waals surface area (Å²) in [6.07, 6.45) is 6.65. The molecule has 1 amide bonds. The average Bonchev–Trinajstić information content (AvgIpc) is 3.57. The van der Waals surface area contributed by atoms with Crippen LogP contribution >= 0.6 is 12.2 Å². The number of amides is 1. The number of pyridine rings is 1. The van der Waals surface area contributed by atoms with Crippen molar-refractivity contribution in [1.82, 2.24) is 30.9 Å². The number of nitrogens with zero attached hydrogens (tertiary/aromatic N) is 3. The lowest BCUT2D eigenvalue weighted by atomic mass is 10.1. The number of aryl methyl sites for hydroxylation is 1. The molecular formula is C19H26N6OS. The van der Waals surface area contributed by atoms with Gasteiger partial charge in [0.25, 0.3) is 5.91 Å². The maximum Gasteiger partial charge on any atom is 0.270 e. The molecule has 0 spiro atoms. The van der Waals surface area contributed by atoms with E-state index in [4.69, 9.17) is 17.2 Å². The molecule has 2 fully saturated rings. The highest BCUT2D eigenvalue weighted by Crippen LogP contribution is 2.45. The molecule has 3 N–H and O–H groups in total. The van der Waals surface area contributed by atoms with Crippen molar-refractivity contribution in [1.29, 1.82) is 0 Å². The van der Waals surface area contributed by atoms with Gasteiger partial charge in [-0.25, -0.2) is 4.98 Å². The normalized spacial score (nSPS) is 16.4. The van der Waals surface area contributed by atoms with Crippen LogP contribution in [0.2, 0.25) is 0 Å². The summed E-state index contributed by atoms with van der Waals surface area (Å²) in [6, 6.07) is 1.94. The number of hydrogen-bond acceptors (Lipinski definition) is 4. The van der Waals surface area contributed by atoms with Crippen molar-refractivity contribution in [2.75, 3.05) is 6.54 Å². The Labute approximate surface area is 164 Å². The van der Waals surface area contributed by atoms with Gasteiger partial charge in [-0.3, -0.25) is 20.3 Å². The van der Waals surface area contributed by atoms with E-state index in [1.165, 1.54) is 0 Å². The predicted octanol–water partition coefficient (Wildman–Crippen LogP) is 2.63. The molecular weight excluding hydrogens is 360 g/mol. The minimum absolute atomic E-state index is 0.196. The Balaban J connectivity index is 1.59. The van der Waals surface area contributed by atoms with Crippen LogP contribution in [-0.4, -0.2) is 32.3 Å². The van der Waals surface area contributed by atoms with Crippen molar-refractivity contribution in [3.8, 4) is 0 Å². The van der Waals surface area contributed by atoms with Gasteiger partial charge in [0.15, 0.2) is 10.8 Å². The predicted molar refractivity (Wildman–Crippen MR) is 109 cm³/mol. The van der Waals surface area contributed by atoms with E-state index in [0.29, 0.717) is 22.5 Å². The molecule has 144 valence electrons. The quantitative estimate of drug-likeness (QED) is 0.402. The van der Waals surface area contributed by atoms with Crippen molar-refractivity contribution < 1.29 is 4.79 Å². The highest BCUT2D eigenvalue weighted by molar-refractivity contribution is 7.80. The highest BCUT2D eigenvalue weighted by Gasteiger charge is 2.33. The van der Waals surface area contributed by atoms with E-state index < -0.39 is 0 Å². The van der Waals surface area contributed by atoms with E-state index in [9.17, 15) is 4.79 Å². The zero-order chi connectivity index (χ0) is 19.0. The molecule has 0 aromatic carbocycles. The molecule has 7 nitrogen and oxygen atoms in total. The third-order valence-corrected chi connectivity index (χ3v) is 5.40. The van der Waals surface area contributed by atoms with Crippen LogP contribution in [0, 0.1) is 0 Å². The Morgan fingerprint density at radius 1 is 1.26 bits per heavy atom. The summed E-state index contributed by atoms with van der Waals surface area (Å²) in [5.74, 6) is 0.711. The summed E-state index contributed by atoms with van der Waals surface area (Å²) in [5, 5.41) is 9.08. The second-order valence-corrected chi connectivity index (χ2v) is 7.95. The molecule has 0 unspecified atom stereocenters. The van der Waals surface area contributed by atoms with Gasteiger partial charge in [0, 0.05) is 31.1 Å². The monoisotopic (exact) mass is 386 g/mol. The first kappa shape index (κ1) is 18.2. The standard InChI is InChI=1S/C19H26N6OS/c1-3-4-9-20-19(27)23-22-18(26)13-10-14(11-5-6-11)21-17-15(13)16(12-7-8-12)24-25(17)2/h10-12H,3-9H2,1-2H3,(H,22,26)(H2,20,23,27). The first-order valence-electron chi connectivity index (χ1n) is 9.80. The van der Waals surface area contributed by atoms with E-state index in [-0.39, 0.29) is 5.91 Å². The average molecular weight is 387 g/mol. The van der Waals surface area contributed by atoms with E-state index >= 15 is 0 Å². The maximum atomic E-state index is 13.0. The number of nitrogens with one attached hydrogen (secondary N) is 3. The first-order valence-corrected chi connectivity index (χ1v) is 10.2. The summed E-state index contributed by atoms with van der Waals surface area (Å²) >= 11 is 5.22. The summed E-state index contributed by atoms with van der Waals surface area (Å²) < 4.78 is 1.82. The van der Waals surface area contributed by atoms with Crippen LogP contribution in [-0.2, 0) is 7.05 Å². The number of hydrazine groups is 1. The van der Waals surface area contributed by atoms with Crippen LogP contribution in [0.3, 0.4) is 0 Å². The van der Waals surface area contributed by atoms with Crippen molar-refractivity contribution >= 4 is 34.3 Å². The van der Waals surface area contributed by atoms with E-state index in [0.717, 1.165) is 67.5 Å². The molecule has 2 aliphatic rings. The van der Waals surface area contributed by atoms with E-state index in [1.54, 1.807) is 0 Å². The van der Waals surface area contributed by atoms with E-state index in [1.807, 2.05) is 17.8 Å². The molecule has 0 aliphatic heterocycles. The Kier molecular flexibility index (Phi) is 4.99. The lowest BCUT2D eigenvalue weighted by Gasteiger charge is -2.12. The minimum Gasteiger partial charge on any atom is -0.361 e. The van der Waals surface area contributed by atoms with Gasteiger partial charge < -0.3 is 5.32 Å². The molecule has 27 heavy (non-hydrogen) atoms. The maximum absolute atomic E-state index is 13.0. The number of carbonyl (C=O) groups excluding carboxylic acids is 1. The molecule has 0 bridgehead atoms. The van der Waals surface area contributed by atoms with Gasteiger partial charge in [0.1, 0.15) is 0 Å². The topological polar surface area (TPSA) is 83.9 Å². The van der Waals surface area contributed by atoms with Crippen LogP contribution in [0.4, 0.5) is 0 Å². The van der Waals surface area contributed by atoms with Crippen LogP contribution < -0.4 is 16.2 Å². The summed E-state index contributed by atoms with van der Waals surface area (Å²) in [7, 11) is 1.91. The second kappa shape index (κ2) is 7.42. The third-order valence-electron chi connectivity index (χ3n) is 5.15. The number of unbranched alkanes of at least 4 members (excludes halogenated alkanes) is 1. The Bertz CT molecular complexity index is 884. The van der Waals surface area contributed by atoms with Gasteiger partial charge in [0.05, 0.1) is 16.6 Å². The van der Waals surface area contributed by atoms with Gasteiger partial charge in [-0.1, -0.05) is 13.3 Å². The van der Waals surface area contributed by atoms with Gasteiger partial charge in [-0.2, -0.15) is 5.10 Å². The lowest BCUT2D eigenvalue weighted by molar-refractivity contribution is 0.0945. The van der Waals surface area contributed by atoms with Gasteiger partial charge in [-0.05, 0) is 50.4 Å². The van der Waals surface area contributed by atoms with Crippen LogP contribution in [0.1, 0.15) is 79.0 Å². The third kappa shape index (κ3) is 3.90. The summed E-state index contributed by atoms with van der Waals surface area (Å²) in [5.41, 5.74) is 8.98. The van der Waals surface area contributed by atoms with Crippen LogP contribution in [0.15, 0.2) is 6.07 Å². The van der Waals surface area contributed by atoms with Gasteiger partial charge >= 0.3 is 0 Å².